The normalized spacial score (nSPS) is 15.5. The molecule has 0 radical (unpaired) electrons. The third kappa shape index (κ3) is 5.14. The summed E-state index contributed by atoms with van der Waals surface area (Å²) in [6.45, 7) is 8.31. The number of allylic oxidation sites excluding steroid dienone is 1. The lowest BCUT2D eigenvalue weighted by Gasteiger charge is -2.20. The first-order chi connectivity index (χ1) is 15.0. The van der Waals surface area contributed by atoms with Crippen molar-refractivity contribution in [1.82, 2.24) is 24.4 Å². The van der Waals surface area contributed by atoms with Crippen LogP contribution >= 0.6 is 11.8 Å². The maximum absolute atomic E-state index is 12.9. The van der Waals surface area contributed by atoms with E-state index in [0.29, 0.717) is 17.4 Å². The second-order valence-corrected chi connectivity index (χ2v) is 10.7. The molecule has 0 saturated heterocycles. The zero-order valence-electron chi connectivity index (χ0n) is 19.8. The molecule has 1 atom stereocenters. The van der Waals surface area contributed by atoms with Crippen LogP contribution in [0.1, 0.15) is 65.6 Å². The highest BCUT2D eigenvalue weighted by atomic mass is 32.2. The Hall–Kier alpha value is -2.42. The lowest BCUT2D eigenvalue weighted by molar-refractivity contribution is -0.120. The van der Waals surface area contributed by atoms with E-state index in [0.717, 1.165) is 23.8 Å². The highest BCUT2D eigenvalue weighted by molar-refractivity contribution is 8.00. The Morgan fingerprint density at radius 1 is 1.19 bits per heavy atom. The Morgan fingerprint density at radius 3 is 2.53 bits per heavy atom. The predicted octanol–water partition coefficient (Wildman–Crippen LogP) is 2.81. The summed E-state index contributed by atoms with van der Waals surface area (Å²) in [6, 6.07) is 0. The van der Waals surface area contributed by atoms with E-state index in [9.17, 15) is 14.4 Å². The molecule has 0 bridgehead atoms. The molecule has 2 aromatic heterocycles. The molecule has 1 aliphatic rings. The summed E-state index contributed by atoms with van der Waals surface area (Å²) in [6.07, 6.45) is 7.87. The Morgan fingerprint density at radius 2 is 1.91 bits per heavy atom. The van der Waals surface area contributed by atoms with Gasteiger partial charge < -0.3 is 5.32 Å². The van der Waals surface area contributed by atoms with Crippen molar-refractivity contribution in [2.75, 3.05) is 6.54 Å². The fraction of sp³-hybridized carbons (Fsp3) is 0.609. The van der Waals surface area contributed by atoms with Crippen LogP contribution < -0.4 is 16.6 Å². The van der Waals surface area contributed by atoms with Crippen LogP contribution in [0.15, 0.2) is 26.3 Å². The molecule has 1 N–H and O–H groups in total. The molecule has 0 unspecified atom stereocenters. The summed E-state index contributed by atoms with van der Waals surface area (Å²) in [5.74, 6) is 0.421. The van der Waals surface area contributed by atoms with E-state index in [-0.39, 0.29) is 22.4 Å². The van der Waals surface area contributed by atoms with Gasteiger partial charge >= 0.3 is 5.69 Å². The number of amides is 1. The average Bonchev–Trinajstić information content (AvgIpc) is 2.75. The number of nitrogens with one attached hydrogen (secondary N) is 1. The van der Waals surface area contributed by atoms with E-state index in [4.69, 9.17) is 0 Å². The van der Waals surface area contributed by atoms with Crippen molar-refractivity contribution in [2.24, 2.45) is 14.1 Å². The molecular weight excluding hydrogens is 426 g/mol. The van der Waals surface area contributed by atoms with Crippen LogP contribution in [0, 0.1) is 0 Å². The van der Waals surface area contributed by atoms with Crippen LogP contribution in [0.2, 0.25) is 0 Å². The van der Waals surface area contributed by atoms with Crippen LogP contribution in [-0.4, -0.2) is 36.8 Å². The van der Waals surface area contributed by atoms with Gasteiger partial charge in [-0.25, -0.2) is 14.8 Å². The van der Waals surface area contributed by atoms with Crippen molar-refractivity contribution in [3.63, 3.8) is 0 Å². The summed E-state index contributed by atoms with van der Waals surface area (Å²) in [4.78, 5) is 47.3. The Kier molecular flexibility index (Phi) is 7.27. The summed E-state index contributed by atoms with van der Waals surface area (Å²) < 4.78 is 2.41. The highest BCUT2D eigenvalue weighted by Gasteiger charge is 2.26. The number of fused-ring (bicyclic) bond motifs is 1. The fourth-order valence-corrected chi connectivity index (χ4v) is 4.65. The lowest BCUT2D eigenvalue weighted by atomic mass is 9.96. The van der Waals surface area contributed by atoms with Crippen molar-refractivity contribution in [1.29, 1.82) is 0 Å². The molecular formula is C23H33N5O3S. The topological polar surface area (TPSA) is 98.9 Å². The van der Waals surface area contributed by atoms with Gasteiger partial charge in [-0.3, -0.25) is 18.7 Å². The van der Waals surface area contributed by atoms with Gasteiger partial charge in [-0.15, -0.1) is 0 Å². The molecule has 9 heteroatoms. The summed E-state index contributed by atoms with van der Waals surface area (Å²) >= 11 is 1.23. The van der Waals surface area contributed by atoms with Gasteiger partial charge in [0.2, 0.25) is 5.91 Å². The number of aryl methyl sites for hydroxylation is 1. The molecule has 0 aliphatic heterocycles. The third-order valence-corrected chi connectivity index (χ3v) is 6.81. The fourth-order valence-electron chi connectivity index (χ4n) is 3.69. The molecule has 0 saturated carbocycles. The van der Waals surface area contributed by atoms with Gasteiger partial charge in [0, 0.05) is 26.1 Å². The molecule has 0 aromatic carbocycles. The van der Waals surface area contributed by atoms with Gasteiger partial charge in [0.1, 0.15) is 16.2 Å². The maximum atomic E-state index is 12.9. The number of carbonyl (C=O) groups is 1. The standard InChI is InChI=1S/C23H33N5O3S/c1-14(18(29)24-13-12-15-10-8-7-9-11-15)32-19-16-17(25-21(26-19)23(2,3)4)27(5)22(31)28(6)20(16)30/h10,14H,7-9,11-13H2,1-6H3,(H,24,29)/t14-/m1/s1. The lowest BCUT2D eigenvalue weighted by Crippen LogP contribution is -2.38. The maximum Gasteiger partial charge on any atom is 0.332 e. The first-order valence-electron chi connectivity index (χ1n) is 11.1. The van der Waals surface area contributed by atoms with Crippen molar-refractivity contribution in [3.05, 3.63) is 38.3 Å². The molecule has 3 rings (SSSR count). The molecule has 0 fully saturated rings. The molecule has 0 spiro atoms. The number of aromatic nitrogens is 4. The Bertz CT molecular complexity index is 1170. The Labute approximate surface area is 192 Å². The van der Waals surface area contributed by atoms with Crippen LogP contribution in [0.5, 0.6) is 0 Å². The largest absolute Gasteiger partial charge is 0.355 e. The molecule has 2 heterocycles. The van der Waals surface area contributed by atoms with Crippen LogP contribution in [0.25, 0.3) is 11.0 Å². The minimum atomic E-state index is -0.456. The number of thioether (sulfide) groups is 1. The number of rotatable bonds is 6. The van der Waals surface area contributed by atoms with E-state index in [1.807, 2.05) is 20.8 Å². The van der Waals surface area contributed by atoms with E-state index in [2.05, 4.69) is 21.4 Å². The second kappa shape index (κ2) is 9.60. The molecule has 1 amide bonds. The minimum absolute atomic E-state index is 0.0999. The predicted molar refractivity (Wildman–Crippen MR) is 128 cm³/mol. The average molecular weight is 460 g/mol. The number of nitrogens with zero attached hydrogens (tertiary/aromatic N) is 4. The van der Waals surface area contributed by atoms with E-state index >= 15 is 0 Å². The number of hydrogen-bond acceptors (Lipinski definition) is 6. The van der Waals surface area contributed by atoms with Crippen LogP contribution in [-0.2, 0) is 24.3 Å². The quantitative estimate of drug-likeness (QED) is 0.405. The third-order valence-electron chi connectivity index (χ3n) is 5.73. The Balaban J connectivity index is 1.89. The van der Waals surface area contributed by atoms with Crippen LogP contribution in [0.3, 0.4) is 0 Å². The zero-order chi connectivity index (χ0) is 23.6. The monoisotopic (exact) mass is 459 g/mol. The molecule has 1 aliphatic carbocycles. The summed E-state index contributed by atoms with van der Waals surface area (Å²) in [7, 11) is 3.03. The van der Waals surface area contributed by atoms with Crippen molar-refractivity contribution in [3.8, 4) is 0 Å². The molecule has 2 aromatic rings. The van der Waals surface area contributed by atoms with Crippen LogP contribution in [0.4, 0.5) is 0 Å². The smallest absolute Gasteiger partial charge is 0.332 e. The molecule has 32 heavy (non-hydrogen) atoms. The SMILES string of the molecule is C[C@@H](Sc1nc(C(C)(C)C)nc2c1c(=O)n(C)c(=O)n2C)C(=O)NCCC1=CCCCC1. The van der Waals surface area contributed by atoms with Gasteiger partial charge in [0.15, 0.2) is 5.65 Å². The van der Waals surface area contributed by atoms with Crippen molar-refractivity contribution < 1.29 is 4.79 Å². The second-order valence-electron chi connectivity index (χ2n) is 9.42. The zero-order valence-corrected chi connectivity index (χ0v) is 20.6. The molecule has 8 nitrogen and oxygen atoms in total. The highest BCUT2D eigenvalue weighted by Crippen LogP contribution is 2.29. The minimum Gasteiger partial charge on any atom is -0.355 e. The van der Waals surface area contributed by atoms with Gasteiger partial charge in [0.25, 0.3) is 5.56 Å². The van der Waals surface area contributed by atoms with Gasteiger partial charge in [0.05, 0.1) is 5.25 Å². The summed E-state index contributed by atoms with van der Waals surface area (Å²) in [5.41, 5.74) is 0.415. The van der Waals surface area contributed by atoms with Gasteiger partial charge in [-0.1, -0.05) is 44.2 Å². The number of hydrogen-bond donors (Lipinski definition) is 1. The van der Waals surface area contributed by atoms with E-state index in [1.165, 1.54) is 41.8 Å². The summed E-state index contributed by atoms with van der Waals surface area (Å²) in [5, 5.41) is 3.24. The van der Waals surface area contributed by atoms with E-state index in [1.54, 1.807) is 14.0 Å². The first kappa shape index (κ1) is 24.2. The van der Waals surface area contributed by atoms with Gasteiger partial charge in [-0.05, 0) is 39.0 Å². The van der Waals surface area contributed by atoms with Crippen molar-refractivity contribution >= 4 is 28.7 Å². The molecule has 174 valence electrons. The number of carbonyl (C=O) groups excluding carboxylic acids is 1. The van der Waals surface area contributed by atoms with E-state index < -0.39 is 16.5 Å². The first-order valence-corrected chi connectivity index (χ1v) is 12.0. The van der Waals surface area contributed by atoms with Crippen molar-refractivity contribution in [2.45, 2.75) is 75.5 Å². The van der Waals surface area contributed by atoms with Gasteiger partial charge in [-0.2, -0.15) is 0 Å².